The molecule has 0 bridgehead atoms. The van der Waals surface area contributed by atoms with Gasteiger partial charge in [0.2, 0.25) is 10.0 Å². The van der Waals surface area contributed by atoms with Crippen molar-refractivity contribution in [3.05, 3.63) is 41.9 Å². The van der Waals surface area contributed by atoms with Crippen LogP contribution in [0, 0.1) is 6.92 Å². The molecule has 2 aromatic rings. The molecule has 0 atom stereocenters. The number of nitrogen functional groups attached to an aromatic ring is 1. The van der Waals surface area contributed by atoms with E-state index in [2.05, 4.69) is 0 Å². The highest BCUT2D eigenvalue weighted by atomic mass is 32.2. The summed E-state index contributed by atoms with van der Waals surface area (Å²) < 4.78 is 36.9. The number of hydrogen-bond acceptors (Lipinski definition) is 5. The van der Waals surface area contributed by atoms with Gasteiger partial charge in [-0.05, 0) is 31.2 Å². The van der Waals surface area contributed by atoms with Crippen molar-refractivity contribution < 1.29 is 17.6 Å². The minimum Gasteiger partial charge on any atom is -0.495 e. The Bertz CT molecular complexity index is 737. The van der Waals surface area contributed by atoms with Crippen molar-refractivity contribution in [1.82, 2.24) is 4.31 Å². The van der Waals surface area contributed by atoms with Gasteiger partial charge in [0.25, 0.3) is 0 Å². The standard InChI is InChI=1S/C14H18N2O4S/c1-10-11(6-7-20-10)9-16(2)21(17,18)14-8-12(15)4-5-13(14)19-3/h4-8H,9,15H2,1-3H3. The molecule has 21 heavy (non-hydrogen) atoms. The van der Waals surface area contributed by atoms with Crippen LogP contribution in [0.1, 0.15) is 11.3 Å². The zero-order valence-corrected chi connectivity index (χ0v) is 13.0. The van der Waals surface area contributed by atoms with E-state index in [4.69, 9.17) is 14.9 Å². The lowest BCUT2D eigenvalue weighted by molar-refractivity contribution is 0.397. The monoisotopic (exact) mass is 310 g/mol. The van der Waals surface area contributed by atoms with Crippen molar-refractivity contribution in [2.24, 2.45) is 0 Å². The third-order valence-corrected chi connectivity index (χ3v) is 5.06. The zero-order chi connectivity index (χ0) is 15.6. The normalized spacial score (nSPS) is 11.8. The molecule has 0 fully saturated rings. The lowest BCUT2D eigenvalue weighted by atomic mass is 10.3. The van der Waals surface area contributed by atoms with Crippen molar-refractivity contribution in [3.8, 4) is 5.75 Å². The Morgan fingerprint density at radius 2 is 2.05 bits per heavy atom. The van der Waals surface area contributed by atoms with Gasteiger partial charge >= 0.3 is 0 Å². The Hall–Kier alpha value is -1.99. The number of ether oxygens (including phenoxy) is 1. The Morgan fingerprint density at radius 1 is 1.33 bits per heavy atom. The number of rotatable bonds is 5. The maximum absolute atomic E-state index is 12.7. The van der Waals surface area contributed by atoms with Crippen LogP contribution in [0.3, 0.4) is 0 Å². The molecule has 0 aliphatic carbocycles. The summed E-state index contributed by atoms with van der Waals surface area (Å²) in [6.07, 6.45) is 1.53. The molecule has 0 saturated carbocycles. The fourth-order valence-electron chi connectivity index (χ4n) is 1.96. The quantitative estimate of drug-likeness (QED) is 0.854. The van der Waals surface area contributed by atoms with Gasteiger partial charge in [0, 0.05) is 24.8 Å². The van der Waals surface area contributed by atoms with E-state index in [0.29, 0.717) is 11.4 Å². The van der Waals surface area contributed by atoms with Gasteiger partial charge in [0.1, 0.15) is 16.4 Å². The van der Waals surface area contributed by atoms with Crippen LogP contribution in [-0.2, 0) is 16.6 Å². The molecule has 1 heterocycles. The third kappa shape index (κ3) is 3.03. The number of nitrogens with two attached hydrogens (primary N) is 1. The number of hydrogen-bond donors (Lipinski definition) is 1. The number of nitrogens with zero attached hydrogens (tertiary/aromatic N) is 1. The van der Waals surface area contributed by atoms with Crippen LogP contribution in [0.5, 0.6) is 5.75 Å². The van der Waals surface area contributed by atoms with Crippen LogP contribution in [0.15, 0.2) is 39.8 Å². The maximum atomic E-state index is 12.7. The number of anilines is 1. The van der Waals surface area contributed by atoms with Crippen LogP contribution in [0.4, 0.5) is 5.69 Å². The summed E-state index contributed by atoms with van der Waals surface area (Å²) in [5.41, 5.74) is 6.86. The fourth-order valence-corrected chi connectivity index (χ4v) is 3.30. The molecule has 2 N–H and O–H groups in total. The van der Waals surface area contributed by atoms with Gasteiger partial charge in [-0.25, -0.2) is 8.42 Å². The fraction of sp³-hybridized carbons (Fsp3) is 0.286. The van der Waals surface area contributed by atoms with Crippen LogP contribution >= 0.6 is 0 Å². The molecule has 2 rings (SSSR count). The van der Waals surface area contributed by atoms with Gasteiger partial charge in [-0.1, -0.05) is 0 Å². The van der Waals surface area contributed by atoms with E-state index in [1.54, 1.807) is 25.1 Å². The average molecular weight is 310 g/mol. The van der Waals surface area contributed by atoms with Crippen LogP contribution in [0.25, 0.3) is 0 Å². The molecule has 1 aromatic carbocycles. The van der Waals surface area contributed by atoms with Crippen molar-refractivity contribution in [2.75, 3.05) is 19.9 Å². The van der Waals surface area contributed by atoms with E-state index in [0.717, 1.165) is 5.56 Å². The van der Waals surface area contributed by atoms with E-state index < -0.39 is 10.0 Å². The minimum absolute atomic E-state index is 0.0497. The molecule has 7 heteroatoms. The second kappa shape index (κ2) is 5.79. The van der Waals surface area contributed by atoms with Gasteiger partial charge in [0.15, 0.2) is 0 Å². The lowest BCUT2D eigenvalue weighted by Gasteiger charge is -2.19. The Kier molecular flexibility index (Phi) is 4.24. The van der Waals surface area contributed by atoms with Crippen molar-refractivity contribution in [2.45, 2.75) is 18.4 Å². The second-order valence-corrected chi connectivity index (χ2v) is 6.69. The van der Waals surface area contributed by atoms with Gasteiger partial charge in [-0.15, -0.1) is 0 Å². The van der Waals surface area contributed by atoms with E-state index in [1.165, 1.54) is 30.8 Å². The van der Waals surface area contributed by atoms with Crippen LogP contribution in [-0.4, -0.2) is 26.9 Å². The van der Waals surface area contributed by atoms with E-state index in [9.17, 15) is 8.42 Å². The largest absolute Gasteiger partial charge is 0.495 e. The van der Waals surface area contributed by atoms with Gasteiger partial charge in [0.05, 0.1) is 13.4 Å². The molecule has 114 valence electrons. The molecule has 0 spiro atoms. The third-order valence-electron chi connectivity index (χ3n) is 3.24. The summed E-state index contributed by atoms with van der Waals surface area (Å²) in [4.78, 5) is 0.0497. The number of sulfonamides is 1. The Labute approximate surface area is 124 Å². The molecular formula is C14H18N2O4S. The predicted octanol–water partition coefficient (Wildman–Crippen LogP) is 2.00. The highest BCUT2D eigenvalue weighted by molar-refractivity contribution is 7.89. The first-order valence-electron chi connectivity index (χ1n) is 6.29. The highest BCUT2D eigenvalue weighted by Gasteiger charge is 2.25. The number of furan rings is 1. The Balaban J connectivity index is 2.37. The lowest BCUT2D eigenvalue weighted by Crippen LogP contribution is -2.27. The van der Waals surface area contributed by atoms with Gasteiger partial charge in [-0.3, -0.25) is 0 Å². The summed E-state index contributed by atoms with van der Waals surface area (Å²) in [5.74, 6) is 0.955. The molecule has 6 nitrogen and oxygen atoms in total. The van der Waals surface area contributed by atoms with E-state index in [-0.39, 0.29) is 17.2 Å². The molecular weight excluding hydrogens is 292 g/mol. The average Bonchev–Trinajstić information content (AvgIpc) is 2.84. The number of aryl methyl sites for hydroxylation is 1. The SMILES string of the molecule is COc1ccc(N)cc1S(=O)(=O)N(C)Cc1ccoc1C. The number of benzene rings is 1. The van der Waals surface area contributed by atoms with Crippen molar-refractivity contribution in [1.29, 1.82) is 0 Å². The summed E-state index contributed by atoms with van der Waals surface area (Å²) in [6, 6.07) is 6.28. The summed E-state index contributed by atoms with van der Waals surface area (Å²) >= 11 is 0. The smallest absolute Gasteiger partial charge is 0.246 e. The molecule has 0 radical (unpaired) electrons. The molecule has 0 unspecified atom stereocenters. The molecule has 0 aliphatic heterocycles. The molecule has 1 aromatic heterocycles. The minimum atomic E-state index is -3.71. The van der Waals surface area contributed by atoms with E-state index >= 15 is 0 Å². The second-order valence-electron chi connectivity index (χ2n) is 4.67. The summed E-state index contributed by atoms with van der Waals surface area (Å²) in [5, 5.41) is 0. The predicted molar refractivity (Wildman–Crippen MR) is 79.5 cm³/mol. The summed E-state index contributed by atoms with van der Waals surface area (Å²) in [6.45, 7) is 2.00. The first-order valence-corrected chi connectivity index (χ1v) is 7.73. The molecule has 0 saturated heterocycles. The summed E-state index contributed by atoms with van der Waals surface area (Å²) in [7, 11) is -0.785. The highest BCUT2D eigenvalue weighted by Crippen LogP contribution is 2.29. The van der Waals surface area contributed by atoms with Crippen LogP contribution < -0.4 is 10.5 Å². The first kappa shape index (κ1) is 15.4. The Morgan fingerprint density at radius 3 is 2.62 bits per heavy atom. The topological polar surface area (TPSA) is 85.8 Å². The van der Waals surface area contributed by atoms with Gasteiger partial charge in [-0.2, -0.15) is 4.31 Å². The first-order chi connectivity index (χ1) is 9.86. The number of methoxy groups -OCH3 is 1. The zero-order valence-electron chi connectivity index (χ0n) is 12.2. The van der Waals surface area contributed by atoms with Crippen LogP contribution in [0.2, 0.25) is 0 Å². The van der Waals surface area contributed by atoms with Crippen molar-refractivity contribution in [3.63, 3.8) is 0 Å². The molecule has 0 aliphatic rings. The van der Waals surface area contributed by atoms with E-state index in [1.807, 2.05) is 0 Å². The molecule has 0 amide bonds. The maximum Gasteiger partial charge on any atom is 0.246 e. The van der Waals surface area contributed by atoms with Gasteiger partial charge < -0.3 is 14.9 Å². The van der Waals surface area contributed by atoms with Crippen molar-refractivity contribution >= 4 is 15.7 Å².